The minimum Gasteiger partial charge on any atom is -0.496 e. The van der Waals surface area contributed by atoms with Crippen molar-refractivity contribution in [3.63, 3.8) is 0 Å². The Bertz CT molecular complexity index is 492. The molecule has 1 aromatic carbocycles. The van der Waals surface area contributed by atoms with E-state index in [2.05, 4.69) is 25.2 Å². The van der Waals surface area contributed by atoms with E-state index in [0.29, 0.717) is 18.4 Å². The number of carbonyl (C=O) groups is 1. The summed E-state index contributed by atoms with van der Waals surface area (Å²) in [6, 6.07) is 6.04. The van der Waals surface area contributed by atoms with Crippen LogP contribution in [0.4, 0.5) is 4.79 Å². The first-order chi connectivity index (χ1) is 9.99. The SMILES string of the molecule is COc1ccc(CNC(=O)N2CC(C)CC(C)C2)cc1C. The molecule has 2 rings (SSSR count). The highest BCUT2D eigenvalue weighted by molar-refractivity contribution is 5.74. The summed E-state index contributed by atoms with van der Waals surface area (Å²) in [6.07, 6.45) is 1.21. The number of methoxy groups -OCH3 is 1. The van der Waals surface area contributed by atoms with Crippen LogP contribution in [0.3, 0.4) is 0 Å². The zero-order valence-electron chi connectivity index (χ0n) is 13.5. The molecule has 0 bridgehead atoms. The van der Waals surface area contributed by atoms with Crippen LogP contribution in [-0.2, 0) is 6.54 Å². The summed E-state index contributed by atoms with van der Waals surface area (Å²) < 4.78 is 5.25. The summed E-state index contributed by atoms with van der Waals surface area (Å²) in [5, 5.41) is 3.02. The Labute approximate surface area is 127 Å². The van der Waals surface area contributed by atoms with Gasteiger partial charge in [0, 0.05) is 19.6 Å². The normalized spacial score (nSPS) is 22.0. The van der Waals surface area contributed by atoms with Crippen LogP contribution in [0.5, 0.6) is 5.75 Å². The van der Waals surface area contributed by atoms with Crippen LogP contribution < -0.4 is 10.1 Å². The average molecular weight is 290 g/mol. The Morgan fingerprint density at radius 3 is 2.57 bits per heavy atom. The summed E-state index contributed by atoms with van der Waals surface area (Å²) >= 11 is 0. The monoisotopic (exact) mass is 290 g/mol. The van der Waals surface area contributed by atoms with Gasteiger partial charge in [0.2, 0.25) is 0 Å². The van der Waals surface area contributed by atoms with Gasteiger partial charge in [0.25, 0.3) is 0 Å². The molecule has 0 radical (unpaired) electrons. The molecule has 116 valence electrons. The second-order valence-corrected chi connectivity index (χ2v) is 6.31. The van der Waals surface area contributed by atoms with Crippen molar-refractivity contribution in [3.8, 4) is 5.75 Å². The fraction of sp³-hybridized carbons (Fsp3) is 0.588. The Kier molecular flexibility index (Phi) is 5.10. The van der Waals surface area contributed by atoms with E-state index in [4.69, 9.17) is 4.74 Å². The number of ether oxygens (including phenoxy) is 1. The van der Waals surface area contributed by atoms with E-state index in [1.807, 2.05) is 24.0 Å². The summed E-state index contributed by atoms with van der Waals surface area (Å²) in [5.74, 6) is 2.05. The maximum absolute atomic E-state index is 12.3. The standard InChI is InChI=1S/C17H26N2O2/c1-12-7-13(2)11-19(10-12)17(20)18-9-15-5-6-16(21-4)14(3)8-15/h5-6,8,12-13H,7,9-11H2,1-4H3,(H,18,20). The number of piperidine rings is 1. The molecule has 2 unspecified atom stereocenters. The first kappa shape index (κ1) is 15.7. The van der Waals surface area contributed by atoms with E-state index in [0.717, 1.165) is 30.0 Å². The van der Waals surface area contributed by atoms with Crippen molar-refractivity contribution in [2.45, 2.75) is 33.7 Å². The summed E-state index contributed by atoms with van der Waals surface area (Å²) in [6.45, 7) is 8.71. The largest absolute Gasteiger partial charge is 0.496 e. The van der Waals surface area contributed by atoms with Crippen LogP contribution in [0.25, 0.3) is 0 Å². The van der Waals surface area contributed by atoms with Crippen molar-refractivity contribution in [2.75, 3.05) is 20.2 Å². The zero-order chi connectivity index (χ0) is 15.4. The highest BCUT2D eigenvalue weighted by Crippen LogP contribution is 2.21. The molecular formula is C17H26N2O2. The fourth-order valence-electron chi connectivity index (χ4n) is 3.17. The van der Waals surface area contributed by atoms with Gasteiger partial charge in [-0.15, -0.1) is 0 Å². The lowest BCUT2D eigenvalue weighted by molar-refractivity contribution is 0.146. The number of nitrogens with zero attached hydrogens (tertiary/aromatic N) is 1. The molecule has 2 amide bonds. The summed E-state index contributed by atoms with van der Waals surface area (Å²) in [5.41, 5.74) is 2.18. The van der Waals surface area contributed by atoms with E-state index in [1.54, 1.807) is 7.11 Å². The highest BCUT2D eigenvalue weighted by Gasteiger charge is 2.25. The number of urea groups is 1. The molecule has 4 nitrogen and oxygen atoms in total. The van der Waals surface area contributed by atoms with Gasteiger partial charge in [0.05, 0.1) is 7.11 Å². The number of carbonyl (C=O) groups excluding carboxylic acids is 1. The highest BCUT2D eigenvalue weighted by atomic mass is 16.5. The quantitative estimate of drug-likeness (QED) is 0.929. The van der Waals surface area contributed by atoms with Crippen molar-refractivity contribution < 1.29 is 9.53 Å². The predicted molar refractivity (Wildman–Crippen MR) is 84.5 cm³/mol. The van der Waals surface area contributed by atoms with E-state index in [-0.39, 0.29) is 6.03 Å². The molecule has 1 aromatic rings. The molecule has 21 heavy (non-hydrogen) atoms. The molecule has 1 saturated heterocycles. The Morgan fingerprint density at radius 2 is 2.00 bits per heavy atom. The van der Waals surface area contributed by atoms with Crippen molar-refractivity contribution in [1.29, 1.82) is 0 Å². The van der Waals surface area contributed by atoms with Gasteiger partial charge >= 0.3 is 6.03 Å². The second-order valence-electron chi connectivity index (χ2n) is 6.31. The molecule has 0 aromatic heterocycles. The number of amides is 2. The molecule has 0 aliphatic carbocycles. The van der Waals surface area contributed by atoms with Crippen LogP contribution in [0, 0.1) is 18.8 Å². The van der Waals surface area contributed by atoms with Gasteiger partial charge in [-0.1, -0.05) is 26.0 Å². The number of nitrogens with one attached hydrogen (secondary N) is 1. The van der Waals surface area contributed by atoms with E-state index in [9.17, 15) is 4.79 Å². The third-order valence-electron chi connectivity index (χ3n) is 4.06. The minimum absolute atomic E-state index is 0.0434. The summed E-state index contributed by atoms with van der Waals surface area (Å²) in [7, 11) is 1.67. The Balaban J connectivity index is 1.90. The number of rotatable bonds is 3. The van der Waals surface area contributed by atoms with Crippen LogP contribution in [0.1, 0.15) is 31.4 Å². The molecule has 1 N–H and O–H groups in total. The number of hydrogen-bond acceptors (Lipinski definition) is 2. The third-order valence-corrected chi connectivity index (χ3v) is 4.06. The predicted octanol–water partition coefficient (Wildman–Crippen LogP) is 3.19. The minimum atomic E-state index is 0.0434. The molecule has 0 saturated carbocycles. The number of hydrogen-bond donors (Lipinski definition) is 1. The molecular weight excluding hydrogens is 264 g/mol. The first-order valence-electron chi connectivity index (χ1n) is 7.66. The molecule has 1 aliphatic rings. The Hall–Kier alpha value is -1.71. The first-order valence-corrected chi connectivity index (χ1v) is 7.66. The van der Waals surface area contributed by atoms with E-state index >= 15 is 0 Å². The molecule has 1 aliphatic heterocycles. The van der Waals surface area contributed by atoms with Crippen molar-refractivity contribution in [1.82, 2.24) is 10.2 Å². The third kappa shape index (κ3) is 4.13. The van der Waals surface area contributed by atoms with Gasteiger partial charge < -0.3 is 15.0 Å². The number of benzene rings is 1. The van der Waals surface area contributed by atoms with Gasteiger partial charge in [0.15, 0.2) is 0 Å². The molecule has 2 atom stereocenters. The van der Waals surface area contributed by atoms with Crippen LogP contribution >= 0.6 is 0 Å². The van der Waals surface area contributed by atoms with Crippen LogP contribution in [0.2, 0.25) is 0 Å². The smallest absolute Gasteiger partial charge is 0.317 e. The topological polar surface area (TPSA) is 41.6 Å². The van der Waals surface area contributed by atoms with Gasteiger partial charge in [-0.3, -0.25) is 0 Å². The Morgan fingerprint density at radius 1 is 1.33 bits per heavy atom. The maximum Gasteiger partial charge on any atom is 0.317 e. The van der Waals surface area contributed by atoms with Gasteiger partial charge in [-0.25, -0.2) is 4.79 Å². The van der Waals surface area contributed by atoms with Crippen LogP contribution in [-0.4, -0.2) is 31.1 Å². The van der Waals surface area contributed by atoms with E-state index in [1.165, 1.54) is 6.42 Å². The van der Waals surface area contributed by atoms with Crippen LogP contribution in [0.15, 0.2) is 18.2 Å². The lowest BCUT2D eigenvalue weighted by Crippen LogP contribution is -2.47. The van der Waals surface area contributed by atoms with Crippen molar-refractivity contribution in [3.05, 3.63) is 29.3 Å². The molecule has 1 fully saturated rings. The fourth-order valence-corrected chi connectivity index (χ4v) is 3.17. The van der Waals surface area contributed by atoms with Crippen molar-refractivity contribution >= 4 is 6.03 Å². The molecule has 1 heterocycles. The second kappa shape index (κ2) is 6.83. The van der Waals surface area contributed by atoms with Gasteiger partial charge in [0.1, 0.15) is 5.75 Å². The zero-order valence-corrected chi connectivity index (χ0v) is 13.5. The molecule has 4 heteroatoms. The summed E-state index contributed by atoms with van der Waals surface area (Å²) in [4.78, 5) is 14.2. The lowest BCUT2D eigenvalue weighted by atomic mass is 9.92. The van der Waals surface area contributed by atoms with Crippen molar-refractivity contribution in [2.24, 2.45) is 11.8 Å². The maximum atomic E-state index is 12.3. The number of aryl methyl sites for hydroxylation is 1. The average Bonchev–Trinajstić information content (AvgIpc) is 2.43. The lowest BCUT2D eigenvalue weighted by Gasteiger charge is -2.34. The van der Waals surface area contributed by atoms with E-state index < -0.39 is 0 Å². The van der Waals surface area contributed by atoms with Gasteiger partial charge in [-0.05, 0) is 42.4 Å². The molecule has 0 spiro atoms. The number of likely N-dealkylation sites (tertiary alicyclic amines) is 1. The van der Waals surface area contributed by atoms with Gasteiger partial charge in [-0.2, -0.15) is 0 Å².